The molecule has 0 bridgehead atoms. The van der Waals surface area contributed by atoms with Crippen LogP contribution in [0.25, 0.3) is 10.1 Å². The Morgan fingerprint density at radius 1 is 1.16 bits per heavy atom. The van der Waals surface area contributed by atoms with Gasteiger partial charge in [0.25, 0.3) is 5.91 Å². The first-order valence-corrected chi connectivity index (χ1v) is 6.70. The van der Waals surface area contributed by atoms with Crippen LogP contribution in [0.15, 0.2) is 42.7 Å². The molecule has 0 unspecified atom stereocenters. The fraction of sp³-hybridized carbons (Fsp3) is 0. The molecule has 1 aromatic carbocycles. The van der Waals surface area contributed by atoms with Crippen LogP contribution >= 0.6 is 22.9 Å². The van der Waals surface area contributed by atoms with Gasteiger partial charge in [-0.25, -0.2) is 9.97 Å². The maximum absolute atomic E-state index is 12.1. The van der Waals surface area contributed by atoms with Crippen molar-refractivity contribution < 1.29 is 4.79 Å². The van der Waals surface area contributed by atoms with Gasteiger partial charge in [-0.1, -0.05) is 29.8 Å². The number of anilines is 1. The Labute approximate surface area is 118 Å². The van der Waals surface area contributed by atoms with E-state index in [9.17, 15) is 4.79 Å². The van der Waals surface area contributed by atoms with Crippen molar-refractivity contribution in [3.8, 4) is 0 Å². The normalized spacial score (nSPS) is 10.6. The molecule has 3 aromatic rings. The molecular formula is C13H8ClN3OS. The Hall–Kier alpha value is -1.98. The average Bonchev–Trinajstić information content (AvgIpc) is 2.78. The third-order valence-corrected chi connectivity index (χ3v) is 4.21. The summed E-state index contributed by atoms with van der Waals surface area (Å²) >= 11 is 7.58. The van der Waals surface area contributed by atoms with Gasteiger partial charge in [-0.2, -0.15) is 0 Å². The molecular weight excluding hydrogens is 282 g/mol. The molecule has 4 nitrogen and oxygen atoms in total. The van der Waals surface area contributed by atoms with E-state index in [1.807, 2.05) is 24.3 Å². The molecule has 0 saturated heterocycles. The number of carbonyl (C=O) groups excluding carboxylic acids is 1. The predicted octanol–water partition coefficient (Wildman–Crippen LogP) is 3.60. The first-order valence-electron chi connectivity index (χ1n) is 5.51. The standard InChI is InChI=1S/C13H8ClN3OS/c14-10-8-4-1-2-5-9(8)19-11(10)12(18)17-13-15-6-3-7-16-13/h1-7H,(H,15,16,17,18). The second-order valence-corrected chi connectivity index (χ2v) is 5.20. The third kappa shape index (κ3) is 2.30. The van der Waals surface area contributed by atoms with Crippen molar-refractivity contribution in [3.05, 3.63) is 52.6 Å². The minimum atomic E-state index is -0.294. The lowest BCUT2D eigenvalue weighted by molar-refractivity contribution is 0.103. The molecule has 0 aliphatic rings. The number of rotatable bonds is 2. The first kappa shape index (κ1) is 12.1. The number of nitrogens with one attached hydrogen (secondary N) is 1. The maximum atomic E-state index is 12.1. The second-order valence-electron chi connectivity index (χ2n) is 3.77. The molecule has 0 spiro atoms. The Kier molecular flexibility index (Phi) is 3.15. The summed E-state index contributed by atoms with van der Waals surface area (Å²) in [5.41, 5.74) is 0. The highest BCUT2D eigenvalue weighted by Gasteiger charge is 2.17. The van der Waals surface area contributed by atoms with E-state index in [0.29, 0.717) is 9.90 Å². The van der Waals surface area contributed by atoms with Gasteiger partial charge in [0.05, 0.1) is 5.02 Å². The van der Waals surface area contributed by atoms with Crippen molar-refractivity contribution in [2.24, 2.45) is 0 Å². The van der Waals surface area contributed by atoms with Crippen LogP contribution in [0.5, 0.6) is 0 Å². The van der Waals surface area contributed by atoms with E-state index in [2.05, 4.69) is 15.3 Å². The Morgan fingerprint density at radius 2 is 1.89 bits per heavy atom. The summed E-state index contributed by atoms with van der Waals surface area (Å²) in [5.74, 6) is -0.0292. The Morgan fingerprint density at radius 3 is 2.63 bits per heavy atom. The smallest absolute Gasteiger partial charge is 0.269 e. The number of thiophene rings is 1. The lowest BCUT2D eigenvalue weighted by Gasteiger charge is -2.00. The van der Waals surface area contributed by atoms with Gasteiger partial charge in [0.2, 0.25) is 5.95 Å². The number of nitrogens with zero attached hydrogens (tertiary/aromatic N) is 2. The van der Waals surface area contributed by atoms with E-state index < -0.39 is 0 Å². The molecule has 6 heteroatoms. The zero-order valence-electron chi connectivity index (χ0n) is 9.63. The Bertz CT molecular complexity index is 742. The molecule has 2 aromatic heterocycles. The molecule has 0 aliphatic carbocycles. The molecule has 3 rings (SSSR count). The number of halogens is 1. The van der Waals surface area contributed by atoms with E-state index in [1.165, 1.54) is 11.3 Å². The Balaban J connectivity index is 1.96. The molecule has 0 fully saturated rings. The van der Waals surface area contributed by atoms with Crippen molar-refractivity contribution in [1.29, 1.82) is 0 Å². The van der Waals surface area contributed by atoms with E-state index in [4.69, 9.17) is 11.6 Å². The highest BCUT2D eigenvalue weighted by molar-refractivity contribution is 7.21. The van der Waals surface area contributed by atoms with Crippen molar-refractivity contribution in [2.45, 2.75) is 0 Å². The summed E-state index contributed by atoms with van der Waals surface area (Å²) < 4.78 is 0.978. The summed E-state index contributed by atoms with van der Waals surface area (Å²) in [6.45, 7) is 0. The highest BCUT2D eigenvalue weighted by Crippen LogP contribution is 2.35. The number of fused-ring (bicyclic) bond motifs is 1. The monoisotopic (exact) mass is 289 g/mol. The third-order valence-electron chi connectivity index (χ3n) is 2.53. The topological polar surface area (TPSA) is 54.9 Å². The lowest BCUT2D eigenvalue weighted by Crippen LogP contribution is -2.12. The van der Waals surface area contributed by atoms with Crippen molar-refractivity contribution in [2.75, 3.05) is 5.32 Å². The van der Waals surface area contributed by atoms with Gasteiger partial charge in [0.1, 0.15) is 4.88 Å². The molecule has 0 saturated carbocycles. The highest BCUT2D eigenvalue weighted by atomic mass is 35.5. The van der Waals surface area contributed by atoms with Crippen LogP contribution in [-0.2, 0) is 0 Å². The first-order chi connectivity index (χ1) is 9.25. The summed E-state index contributed by atoms with van der Waals surface area (Å²) in [6, 6.07) is 9.31. The summed E-state index contributed by atoms with van der Waals surface area (Å²) in [6.07, 6.45) is 3.13. The quantitative estimate of drug-likeness (QED) is 0.784. The van der Waals surface area contributed by atoms with Crippen molar-refractivity contribution in [3.63, 3.8) is 0 Å². The molecule has 0 aliphatic heterocycles. The largest absolute Gasteiger partial charge is 0.290 e. The molecule has 0 atom stereocenters. The van der Waals surface area contributed by atoms with Crippen LogP contribution in [0.2, 0.25) is 5.02 Å². The minimum absolute atomic E-state index is 0.265. The van der Waals surface area contributed by atoms with Crippen LogP contribution in [0.1, 0.15) is 9.67 Å². The maximum Gasteiger partial charge on any atom is 0.269 e. The van der Waals surface area contributed by atoms with Gasteiger partial charge in [0.15, 0.2) is 0 Å². The van der Waals surface area contributed by atoms with Crippen LogP contribution in [0.3, 0.4) is 0 Å². The lowest BCUT2D eigenvalue weighted by atomic mass is 10.2. The predicted molar refractivity (Wildman–Crippen MR) is 76.8 cm³/mol. The van der Waals surface area contributed by atoms with Crippen LogP contribution < -0.4 is 5.32 Å². The fourth-order valence-electron chi connectivity index (χ4n) is 1.68. The molecule has 94 valence electrons. The van der Waals surface area contributed by atoms with Gasteiger partial charge in [0, 0.05) is 22.5 Å². The van der Waals surface area contributed by atoms with Crippen molar-refractivity contribution >= 4 is 44.9 Å². The fourth-order valence-corrected chi connectivity index (χ4v) is 3.09. The minimum Gasteiger partial charge on any atom is -0.290 e. The number of benzene rings is 1. The number of hydrogen-bond acceptors (Lipinski definition) is 4. The van der Waals surface area contributed by atoms with Crippen LogP contribution in [-0.4, -0.2) is 15.9 Å². The van der Waals surface area contributed by atoms with Gasteiger partial charge in [-0.05, 0) is 12.1 Å². The number of carbonyl (C=O) groups is 1. The van der Waals surface area contributed by atoms with Gasteiger partial charge >= 0.3 is 0 Å². The van der Waals surface area contributed by atoms with Crippen molar-refractivity contribution in [1.82, 2.24) is 9.97 Å². The van der Waals surface area contributed by atoms with Gasteiger partial charge < -0.3 is 0 Å². The van der Waals surface area contributed by atoms with E-state index in [-0.39, 0.29) is 11.9 Å². The van der Waals surface area contributed by atoms with Gasteiger partial charge in [-0.3, -0.25) is 10.1 Å². The molecule has 2 heterocycles. The second kappa shape index (κ2) is 4.95. The zero-order valence-corrected chi connectivity index (χ0v) is 11.2. The molecule has 0 radical (unpaired) electrons. The number of aromatic nitrogens is 2. The molecule has 1 N–H and O–H groups in total. The summed E-state index contributed by atoms with van der Waals surface area (Å²) in [5, 5.41) is 3.97. The molecule has 19 heavy (non-hydrogen) atoms. The zero-order chi connectivity index (χ0) is 13.2. The van der Waals surface area contributed by atoms with Gasteiger partial charge in [-0.15, -0.1) is 11.3 Å². The number of amides is 1. The molecule has 1 amide bonds. The summed E-state index contributed by atoms with van der Waals surface area (Å²) in [4.78, 5) is 20.5. The van der Waals surface area contributed by atoms with E-state index in [1.54, 1.807) is 18.5 Å². The van der Waals surface area contributed by atoms with E-state index in [0.717, 1.165) is 10.1 Å². The van der Waals surface area contributed by atoms with Crippen LogP contribution in [0.4, 0.5) is 5.95 Å². The average molecular weight is 290 g/mol. The number of hydrogen-bond donors (Lipinski definition) is 1. The summed E-state index contributed by atoms with van der Waals surface area (Å²) in [7, 11) is 0. The van der Waals surface area contributed by atoms with E-state index >= 15 is 0 Å². The van der Waals surface area contributed by atoms with Crippen LogP contribution in [0, 0.1) is 0 Å². The SMILES string of the molecule is O=C(Nc1ncccn1)c1sc2ccccc2c1Cl.